The number of aryl methyl sites for hydroxylation is 2. The molecule has 0 aliphatic carbocycles. The summed E-state index contributed by atoms with van der Waals surface area (Å²) in [5.74, 6) is 0.440. The molecule has 3 aromatic carbocycles. The van der Waals surface area contributed by atoms with Gasteiger partial charge in [-0.1, -0.05) is 54.1 Å². The Balaban J connectivity index is 1.90. The third-order valence-electron chi connectivity index (χ3n) is 4.51. The van der Waals surface area contributed by atoms with E-state index in [0.29, 0.717) is 10.8 Å². The molecular weight excluding hydrogens is 372 g/mol. The number of amides is 1. The lowest BCUT2D eigenvalue weighted by atomic mass is 10.0. The quantitative estimate of drug-likeness (QED) is 0.559. The number of rotatable bonds is 6. The van der Waals surface area contributed by atoms with Gasteiger partial charge in [-0.3, -0.25) is 4.79 Å². The molecule has 0 unspecified atom stereocenters. The zero-order valence-electron chi connectivity index (χ0n) is 16.1. The number of nitrogens with one attached hydrogen (secondary N) is 2. The molecule has 0 saturated heterocycles. The molecule has 0 bridgehead atoms. The van der Waals surface area contributed by atoms with Crippen LogP contribution in [0, 0.1) is 13.8 Å². The minimum atomic E-state index is -0.578. The van der Waals surface area contributed by atoms with Crippen LogP contribution in [0.25, 0.3) is 0 Å². The summed E-state index contributed by atoms with van der Waals surface area (Å²) < 4.78 is 5.20. The average Bonchev–Trinajstić information content (AvgIpc) is 2.69. The molecule has 1 amide bonds. The number of hydrogen-bond acceptors (Lipinski definition) is 3. The maximum absolute atomic E-state index is 13.2. The van der Waals surface area contributed by atoms with Crippen LogP contribution in [0.2, 0.25) is 5.02 Å². The predicted molar refractivity (Wildman–Crippen MR) is 115 cm³/mol. The highest BCUT2D eigenvalue weighted by molar-refractivity contribution is 6.32. The molecule has 3 rings (SSSR count). The number of halogens is 1. The van der Waals surface area contributed by atoms with Crippen molar-refractivity contribution >= 4 is 28.9 Å². The lowest BCUT2D eigenvalue weighted by Gasteiger charge is -2.21. The number of anilines is 2. The van der Waals surface area contributed by atoms with E-state index >= 15 is 0 Å². The van der Waals surface area contributed by atoms with Gasteiger partial charge in [-0.2, -0.15) is 0 Å². The topological polar surface area (TPSA) is 50.4 Å². The van der Waals surface area contributed by atoms with E-state index in [-0.39, 0.29) is 5.91 Å². The Labute approximate surface area is 170 Å². The van der Waals surface area contributed by atoms with Gasteiger partial charge in [0.15, 0.2) is 0 Å². The van der Waals surface area contributed by atoms with Crippen molar-refractivity contribution in [2.75, 3.05) is 17.7 Å². The van der Waals surface area contributed by atoms with Crippen LogP contribution in [0.4, 0.5) is 11.4 Å². The molecule has 0 fully saturated rings. The molecule has 0 saturated carbocycles. The number of benzene rings is 3. The van der Waals surface area contributed by atoms with Crippen LogP contribution < -0.4 is 15.4 Å². The maximum Gasteiger partial charge on any atom is 0.251 e. The molecule has 0 aliphatic heterocycles. The van der Waals surface area contributed by atoms with Crippen molar-refractivity contribution in [1.29, 1.82) is 0 Å². The summed E-state index contributed by atoms with van der Waals surface area (Å²) >= 11 is 6.24. The van der Waals surface area contributed by atoms with Crippen LogP contribution in [0.1, 0.15) is 22.7 Å². The van der Waals surface area contributed by atoms with E-state index in [0.717, 1.165) is 28.1 Å². The first kappa shape index (κ1) is 19.8. The Morgan fingerprint density at radius 2 is 1.75 bits per heavy atom. The second kappa shape index (κ2) is 8.81. The van der Waals surface area contributed by atoms with Gasteiger partial charge in [0.25, 0.3) is 5.91 Å². The fourth-order valence-electron chi connectivity index (χ4n) is 2.94. The molecule has 28 heavy (non-hydrogen) atoms. The number of carbonyl (C=O) groups is 1. The second-order valence-electron chi connectivity index (χ2n) is 6.64. The standard InChI is InChI=1S/C23H23ClN2O2/c1-15-9-10-16(2)20(13-15)26-23(27)22(17-7-5-4-6-8-17)25-18-11-12-21(28-3)19(24)14-18/h4-14,22,25H,1-3H3,(H,26,27)/t22-/m0/s1. The van der Waals surface area contributed by atoms with Gasteiger partial charge >= 0.3 is 0 Å². The molecule has 0 aliphatic rings. The van der Waals surface area contributed by atoms with E-state index in [1.165, 1.54) is 0 Å². The molecule has 0 heterocycles. The van der Waals surface area contributed by atoms with Crippen LogP contribution in [0.5, 0.6) is 5.75 Å². The highest BCUT2D eigenvalue weighted by atomic mass is 35.5. The fourth-order valence-corrected chi connectivity index (χ4v) is 3.20. The van der Waals surface area contributed by atoms with E-state index in [1.807, 2.05) is 68.4 Å². The fraction of sp³-hybridized carbons (Fsp3) is 0.174. The first-order chi connectivity index (χ1) is 13.5. The van der Waals surface area contributed by atoms with Crippen molar-refractivity contribution in [3.05, 3.63) is 88.4 Å². The first-order valence-electron chi connectivity index (χ1n) is 9.01. The Morgan fingerprint density at radius 3 is 2.43 bits per heavy atom. The SMILES string of the molecule is COc1ccc(N[C@H](C(=O)Nc2cc(C)ccc2C)c2ccccc2)cc1Cl. The molecule has 2 N–H and O–H groups in total. The molecule has 0 spiro atoms. The third kappa shape index (κ3) is 4.65. The molecule has 3 aromatic rings. The van der Waals surface area contributed by atoms with Crippen molar-refractivity contribution in [2.24, 2.45) is 0 Å². The summed E-state index contributed by atoms with van der Waals surface area (Å²) in [4.78, 5) is 13.2. The van der Waals surface area contributed by atoms with E-state index in [4.69, 9.17) is 16.3 Å². The van der Waals surface area contributed by atoms with E-state index in [9.17, 15) is 4.79 Å². The van der Waals surface area contributed by atoms with Crippen LogP contribution in [0.3, 0.4) is 0 Å². The largest absolute Gasteiger partial charge is 0.495 e. The molecule has 4 nitrogen and oxygen atoms in total. The molecule has 5 heteroatoms. The Morgan fingerprint density at radius 1 is 1.00 bits per heavy atom. The number of hydrogen-bond donors (Lipinski definition) is 2. The van der Waals surface area contributed by atoms with Crippen LogP contribution in [-0.4, -0.2) is 13.0 Å². The summed E-state index contributed by atoms with van der Waals surface area (Å²) in [6.45, 7) is 3.98. The normalized spacial score (nSPS) is 11.6. The smallest absolute Gasteiger partial charge is 0.251 e. The van der Waals surface area contributed by atoms with Gasteiger partial charge < -0.3 is 15.4 Å². The summed E-state index contributed by atoms with van der Waals surface area (Å²) in [5.41, 5.74) is 4.50. The van der Waals surface area contributed by atoms with Gasteiger partial charge in [-0.25, -0.2) is 0 Å². The maximum atomic E-state index is 13.2. The summed E-state index contributed by atoms with van der Waals surface area (Å²) in [5, 5.41) is 6.82. The molecular formula is C23H23ClN2O2. The van der Waals surface area contributed by atoms with Crippen LogP contribution >= 0.6 is 11.6 Å². The van der Waals surface area contributed by atoms with Crippen LogP contribution in [0.15, 0.2) is 66.7 Å². The number of methoxy groups -OCH3 is 1. The number of carbonyl (C=O) groups excluding carboxylic acids is 1. The Hall–Kier alpha value is -2.98. The summed E-state index contributed by atoms with van der Waals surface area (Å²) in [6.07, 6.45) is 0. The molecule has 0 radical (unpaired) electrons. The lowest BCUT2D eigenvalue weighted by Crippen LogP contribution is -2.27. The second-order valence-corrected chi connectivity index (χ2v) is 7.05. The zero-order valence-corrected chi connectivity index (χ0v) is 16.9. The van der Waals surface area contributed by atoms with Gasteiger partial charge in [0.05, 0.1) is 12.1 Å². The monoisotopic (exact) mass is 394 g/mol. The molecule has 144 valence electrons. The van der Waals surface area contributed by atoms with Gasteiger partial charge in [0.2, 0.25) is 0 Å². The first-order valence-corrected chi connectivity index (χ1v) is 9.39. The highest BCUT2D eigenvalue weighted by Gasteiger charge is 2.21. The molecule has 1 atom stereocenters. The van der Waals surface area contributed by atoms with E-state index in [1.54, 1.807) is 19.2 Å². The number of ether oxygens (including phenoxy) is 1. The zero-order chi connectivity index (χ0) is 20.1. The lowest BCUT2D eigenvalue weighted by molar-refractivity contribution is -0.117. The van der Waals surface area contributed by atoms with E-state index in [2.05, 4.69) is 10.6 Å². The average molecular weight is 395 g/mol. The minimum absolute atomic E-state index is 0.146. The predicted octanol–water partition coefficient (Wildman–Crippen LogP) is 5.76. The highest BCUT2D eigenvalue weighted by Crippen LogP contribution is 2.30. The van der Waals surface area contributed by atoms with Gasteiger partial charge in [0, 0.05) is 11.4 Å². The van der Waals surface area contributed by atoms with Gasteiger partial charge in [-0.15, -0.1) is 0 Å². The summed E-state index contributed by atoms with van der Waals surface area (Å²) in [7, 11) is 1.57. The third-order valence-corrected chi connectivity index (χ3v) is 4.80. The van der Waals surface area contributed by atoms with Crippen LogP contribution in [-0.2, 0) is 4.79 Å². The van der Waals surface area contributed by atoms with Gasteiger partial charge in [0.1, 0.15) is 11.8 Å². The summed E-state index contributed by atoms with van der Waals surface area (Å²) in [6, 6.07) is 20.4. The van der Waals surface area contributed by atoms with E-state index < -0.39 is 6.04 Å². The van der Waals surface area contributed by atoms with Crippen molar-refractivity contribution in [1.82, 2.24) is 0 Å². The minimum Gasteiger partial charge on any atom is -0.495 e. The Bertz CT molecular complexity index is 974. The molecule has 0 aromatic heterocycles. The van der Waals surface area contributed by atoms with Crippen molar-refractivity contribution in [3.8, 4) is 5.75 Å². The van der Waals surface area contributed by atoms with Crippen molar-refractivity contribution in [2.45, 2.75) is 19.9 Å². The van der Waals surface area contributed by atoms with Gasteiger partial charge in [-0.05, 0) is 54.8 Å². The Kier molecular flexibility index (Phi) is 6.22. The van der Waals surface area contributed by atoms with Crippen molar-refractivity contribution in [3.63, 3.8) is 0 Å². The van der Waals surface area contributed by atoms with Crippen molar-refractivity contribution < 1.29 is 9.53 Å².